The first-order valence-corrected chi connectivity index (χ1v) is 7.96. The molecule has 108 valence electrons. The maximum absolute atomic E-state index is 11.4. The lowest BCUT2D eigenvalue weighted by Gasteiger charge is -2.43. The molecule has 0 aromatic carbocycles. The second kappa shape index (κ2) is 3.99. The first-order chi connectivity index (χ1) is 8.79. The summed E-state index contributed by atoms with van der Waals surface area (Å²) in [6, 6.07) is 0. The molecule has 0 radical (unpaired) electrons. The molecule has 3 aliphatic carbocycles. The Kier molecular flexibility index (Phi) is 2.82. The van der Waals surface area contributed by atoms with E-state index in [2.05, 4.69) is 27.7 Å². The SMILES string of the molecule is CC(=O)O[C@@H]1C[C@@]23C[C@H]([C@@H]1C)C(C)(C)[C@@H]2CC[C@H]3C. The Morgan fingerprint density at radius 3 is 2.47 bits per heavy atom. The van der Waals surface area contributed by atoms with Gasteiger partial charge in [-0.15, -0.1) is 0 Å². The van der Waals surface area contributed by atoms with Crippen LogP contribution in [0, 0.1) is 34.5 Å². The summed E-state index contributed by atoms with van der Waals surface area (Å²) in [5.74, 6) is 2.77. The van der Waals surface area contributed by atoms with Crippen LogP contribution < -0.4 is 0 Å². The second-order valence-electron chi connectivity index (χ2n) is 8.11. The van der Waals surface area contributed by atoms with Gasteiger partial charge in [0, 0.05) is 6.92 Å². The van der Waals surface area contributed by atoms with Gasteiger partial charge in [0.15, 0.2) is 0 Å². The molecular weight excluding hydrogens is 236 g/mol. The van der Waals surface area contributed by atoms with Crippen molar-refractivity contribution in [2.75, 3.05) is 0 Å². The van der Waals surface area contributed by atoms with Crippen LogP contribution in [0.4, 0.5) is 0 Å². The molecule has 3 aliphatic rings. The summed E-state index contributed by atoms with van der Waals surface area (Å²) in [5, 5.41) is 0. The summed E-state index contributed by atoms with van der Waals surface area (Å²) in [6.07, 6.45) is 5.37. The van der Waals surface area contributed by atoms with Crippen LogP contribution in [0.1, 0.15) is 60.3 Å². The third kappa shape index (κ3) is 1.64. The molecule has 3 rings (SSSR count). The average molecular weight is 264 g/mol. The van der Waals surface area contributed by atoms with E-state index in [0.717, 1.165) is 24.2 Å². The molecule has 0 amide bonds. The van der Waals surface area contributed by atoms with Crippen LogP contribution in [-0.2, 0) is 9.53 Å². The molecule has 6 atom stereocenters. The first-order valence-electron chi connectivity index (χ1n) is 7.96. The number of rotatable bonds is 1. The molecule has 0 aliphatic heterocycles. The van der Waals surface area contributed by atoms with E-state index in [-0.39, 0.29) is 12.1 Å². The molecule has 3 saturated carbocycles. The fourth-order valence-electron chi connectivity index (χ4n) is 6.19. The Bertz CT molecular complexity index is 400. The van der Waals surface area contributed by atoms with Crippen LogP contribution >= 0.6 is 0 Å². The largest absolute Gasteiger partial charge is 0.462 e. The maximum Gasteiger partial charge on any atom is 0.302 e. The monoisotopic (exact) mass is 264 g/mol. The molecule has 3 fully saturated rings. The summed E-state index contributed by atoms with van der Waals surface area (Å²) in [7, 11) is 0. The molecule has 2 bridgehead atoms. The van der Waals surface area contributed by atoms with Gasteiger partial charge in [-0.2, -0.15) is 0 Å². The Morgan fingerprint density at radius 1 is 1.16 bits per heavy atom. The number of carbonyl (C=O) groups excluding carboxylic acids is 1. The van der Waals surface area contributed by atoms with Crippen LogP contribution in [0.2, 0.25) is 0 Å². The smallest absolute Gasteiger partial charge is 0.302 e. The van der Waals surface area contributed by atoms with Crippen molar-refractivity contribution in [3.05, 3.63) is 0 Å². The molecule has 1 spiro atoms. The molecular formula is C17H28O2. The van der Waals surface area contributed by atoms with Crippen molar-refractivity contribution in [1.82, 2.24) is 0 Å². The van der Waals surface area contributed by atoms with Gasteiger partial charge in [0.25, 0.3) is 0 Å². The molecule has 0 N–H and O–H groups in total. The molecule has 2 heteroatoms. The fourth-order valence-corrected chi connectivity index (χ4v) is 6.19. The Balaban J connectivity index is 1.97. The molecule has 19 heavy (non-hydrogen) atoms. The highest BCUT2D eigenvalue weighted by Gasteiger charge is 2.67. The van der Waals surface area contributed by atoms with E-state index in [1.807, 2.05) is 0 Å². The van der Waals surface area contributed by atoms with Crippen LogP contribution in [0.3, 0.4) is 0 Å². The maximum atomic E-state index is 11.4. The van der Waals surface area contributed by atoms with E-state index >= 15 is 0 Å². The molecule has 0 aromatic heterocycles. The van der Waals surface area contributed by atoms with Crippen molar-refractivity contribution >= 4 is 5.97 Å². The molecule has 0 aromatic rings. The summed E-state index contributed by atoms with van der Waals surface area (Å²) in [5.41, 5.74) is 0.875. The number of carbonyl (C=O) groups is 1. The van der Waals surface area contributed by atoms with Gasteiger partial charge in [-0.1, -0.05) is 27.7 Å². The Morgan fingerprint density at radius 2 is 1.84 bits per heavy atom. The molecule has 2 nitrogen and oxygen atoms in total. The van der Waals surface area contributed by atoms with Crippen molar-refractivity contribution in [1.29, 1.82) is 0 Å². The van der Waals surface area contributed by atoms with Crippen molar-refractivity contribution < 1.29 is 9.53 Å². The third-order valence-electron chi connectivity index (χ3n) is 7.14. The van der Waals surface area contributed by atoms with Crippen molar-refractivity contribution in [3.8, 4) is 0 Å². The van der Waals surface area contributed by atoms with Crippen molar-refractivity contribution in [2.45, 2.75) is 66.4 Å². The zero-order valence-corrected chi connectivity index (χ0v) is 13.0. The van der Waals surface area contributed by atoms with E-state index in [4.69, 9.17) is 4.74 Å². The highest BCUT2D eigenvalue weighted by Crippen LogP contribution is 2.72. The minimum Gasteiger partial charge on any atom is -0.462 e. The highest BCUT2D eigenvalue weighted by atomic mass is 16.5. The standard InChI is InChI=1S/C17H28O2/c1-10-6-7-15-16(4,5)13-8-17(10,15)9-14(11(13)2)19-12(3)18/h10-11,13-15H,6-9H2,1-5H3/t10-,11+,13-,14-,15+,17-/m1/s1. The lowest BCUT2D eigenvalue weighted by atomic mass is 9.64. The van der Waals surface area contributed by atoms with Crippen LogP contribution in [-0.4, -0.2) is 12.1 Å². The summed E-state index contributed by atoms with van der Waals surface area (Å²) in [6.45, 7) is 11.2. The number of ether oxygens (including phenoxy) is 1. The predicted octanol–water partition coefficient (Wildman–Crippen LogP) is 4.04. The van der Waals surface area contributed by atoms with Crippen LogP contribution in [0.5, 0.6) is 0 Å². The van der Waals surface area contributed by atoms with Gasteiger partial charge in [0.2, 0.25) is 0 Å². The van der Waals surface area contributed by atoms with Gasteiger partial charge in [-0.3, -0.25) is 4.79 Å². The third-order valence-corrected chi connectivity index (χ3v) is 7.14. The number of esters is 1. The summed E-state index contributed by atoms with van der Waals surface area (Å²) in [4.78, 5) is 11.4. The van der Waals surface area contributed by atoms with E-state index in [9.17, 15) is 4.79 Å². The Hall–Kier alpha value is -0.530. The molecule has 0 saturated heterocycles. The van der Waals surface area contributed by atoms with Gasteiger partial charge >= 0.3 is 5.97 Å². The van der Waals surface area contributed by atoms with Gasteiger partial charge in [0.1, 0.15) is 6.10 Å². The van der Waals surface area contributed by atoms with Crippen LogP contribution in [0.15, 0.2) is 0 Å². The van der Waals surface area contributed by atoms with Gasteiger partial charge < -0.3 is 4.74 Å². The van der Waals surface area contributed by atoms with Crippen LogP contribution in [0.25, 0.3) is 0 Å². The second-order valence-corrected chi connectivity index (χ2v) is 8.11. The average Bonchev–Trinajstić information content (AvgIpc) is 2.70. The van der Waals surface area contributed by atoms with E-state index in [1.54, 1.807) is 6.92 Å². The van der Waals surface area contributed by atoms with Gasteiger partial charge in [-0.05, 0) is 60.2 Å². The summed E-state index contributed by atoms with van der Waals surface area (Å²) < 4.78 is 5.69. The summed E-state index contributed by atoms with van der Waals surface area (Å²) >= 11 is 0. The topological polar surface area (TPSA) is 26.3 Å². The first kappa shape index (κ1) is 13.5. The zero-order valence-electron chi connectivity index (χ0n) is 13.0. The minimum absolute atomic E-state index is 0.102. The van der Waals surface area contributed by atoms with Gasteiger partial charge in [0.05, 0.1) is 0 Å². The van der Waals surface area contributed by atoms with E-state index in [0.29, 0.717) is 16.7 Å². The van der Waals surface area contributed by atoms with E-state index < -0.39 is 0 Å². The Labute approximate surface area is 117 Å². The number of fused-ring (bicyclic) bond motifs is 1. The zero-order chi connectivity index (χ0) is 14.0. The minimum atomic E-state index is -0.102. The van der Waals surface area contributed by atoms with Gasteiger partial charge in [-0.25, -0.2) is 0 Å². The van der Waals surface area contributed by atoms with Crippen molar-refractivity contribution in [2.24, 2.45) is 34.5 Å². The van der Waals surface area contributed by atoms with E-state index in [1.165, 1.54) is 19.3 Å². The lowest BCUT2D eigenvalue weighted by molar-refractivity contribution is -0.155. The fraction of sp³-hybridized carbons (Fsp3) is 0.941. The normalized spacial score (nSPS) is 50.9. The predicted molar refractivity (Wildman–Crippen MR) is 75.5 cm³/mol. The molecule has 0 heterocycles. The molecule has 0 unspecified atom stereocenters. The van der Waals surface area contributed by atoms with Crippen molar-refractivity contribution in [3.63, 3.8) is 0 Å². The lowest BCUT2D eigenvalue weighted by Crippen LogP contribution is -2.41. The number of hydrogen-bond donors (Lipinski definition) is 0. The highest BCUT2D eigenvalue weighted by molar-refractivity contribution is 5.66. The number of hydrogen-bond acceptors (Lipinski definition) is 2. The quantitative estimate of drug-likeness (QED) is 0.668.